The summed E-state index contributed by atoms with van der Waals surface area (Å²) in [6.07, 6.45) is 0.785. The van der Waals surface area contributed by atoms with Crippen LogP contribution >= 0.6 is 0 Å². The molecule has 0 radical (unpaired) electrons. The van der Waals surface area contributed by atoms with Crippen molar-refractivity contribution in [3.05, 3.63) is 70.8 Å². The number of amides is 2. The van der Waals surface area contributed by atoms with Crippen molar-refractivity contribution >= 4 is 11.8 Å². The van der Waals surface area contributed by atoms with E-state index in [9.17, 15) is 9.59 Å². The fraction of sp³-hybridized carbons (Fsp3) is 0.263. The second kappa shape index (κ2) is 7.27. The van der Waals surface area contributed by atoms with Gasteiger partial charge in [-0.2, -0.15) is 0 Å². The smallest absolute Gasteiger partial charge is 0.312 e. The van der Waals surface area contributed by atoms with Gasteiger partial charge in [-0.3, -0.25) is 9.59 Å². The normalized spacial score (nSPS) is 13.3. The van der Waals surface area contributed by atoms with Crippen LogP contribution < -0.4 is 11.1 Å². The average molecular weight is 323 g/mol. The third-order valence-electron chi connectivity index (χ3n) is 4.29. The molecular formula is C19H21N3O2. The predicted octanol–water partition coefficient (Wildman–Crippen LogP) is 1.35. The van der Waals surface area contributed by atoms with E-state index in [1.165, 1.54) is 5.56 Å². The number of hydrogen-bond donors (Lipinski definition) is 2. The molecule has 1 aliphatic heterocycles. The number of nitrogens with zero attached hydrogens (tertiary/aromatic N) is 1. The Morgan fingerprint density at radius 3 is 2.58 bits per heavy atom. The van der Waals surface area contributed by atoms with Crippen LogP contribution in [0.1, 0.15) is 22.3 Å². The van der Waals surface area contributed by atoms with Gasteiger partial charge in [0, 0.05) is 26.2 Å². The lowest BCUT2D eigenvalue weighted by molar-refractivity contribution is -0.146. The Hall–Kier alpha value is -2.66. The lowest BCUT2D eigenvalue weighted by atomic mass is 10.00. The van der Waals surface area contributed by atoms with Gasteiger partial charge < -0.3 is 16.0 Å². The van der Waals surface area contributed by atoms with Crippen LogP contribution in [0, 0.1) is 0 Å². The van der Waals surface area contributed by atoms with E-state index in [0.717, 1.165) is 23.1 Å². The standard InChI is InChI=1S/C19H21N3O2/c20-11-14-4-3-5-15(10-14)12-21-18(23)19(24)22-9-8-16-6-1-2-7-17(16)13-22/h1-7,10H,8-9,11-13,20H2,(H,21,23). The molecule has 0 spiro atoms. The van der Waals surface area contributed by atoms with Crippen molar-refractivity contribution in [2.75, 3.05) is 6.54 Å². The summed E-state index contributed by atoms with van der Waals surface area (Å²) in [5.74, 6) is -1.04. The van der Waals surface area contributed by atoms with E-state index in [2.05, 4.69) is 11.4 Å². The van der Waals surface area contributed by atoms with Gasteiger partial charge in [0.05, 0.1) is 0 Å². The molecule has 3 rings (SSSR count). The highest BCUT2D eigenvalue weighted by Gasteiger charge is 2.25. The van der Waals surface area contributed by atoms with Crippen molar-refractivity contribution in [2.24, 2.45) is 5.73 Å². The van der Waals surface area contributed by atoms with Gasteiger partial charge in [0.2, 0.25) is 0 Å². The first-order valence-corrected chi connectivity index (χ1v) is 8.09. The Labute approximate surface area is 141 Å². The zero-order valence-corrected chi connectivity index (χ0v) is 13.5. The summed E-state index contributed by atoms with van der Waals surface area (Å²) in [6, 6.07) is 15.7. The van der Waals surface area contributed by atoms with Crippen LogP contribution in [-0.4, -0.2) is 23.3 Å². The lowest BCUT2D eigenvalue weighted by Crippen LogP contribution is -2.44. The van der Waals surface area contributed by atoms with Crippen LogP contribution in [-0.2, 0) is 35.6 Å². The van der Waals surface area contributed by atoms with Crippen molar-refractivity contribution in [1.82, 2.24) is 10.2 Å². The second-order valence-electron chi connectivity index (χ2n) is 5.95. The molecule has 124 valence electrons. The predicted molar refractivity (Wildman–Crippen MR) is 91.7 cm³/mol. The summed E-state index contributed by atoms with van der Waals surface area (Å²) in [6.45, 7) is 1.84. The third-order valence-corrected chi connectivity index (χ3v) is 4.29. The molecule has 2 aromatic carbocycles. The van der Waals surface area contributed by atoms with Crippen molar-refractivity contribution in [1.29, 1.82) is 0 Å². The average Bonchev–Trinajstić information content (AvgIpc) is 2.65. The minimum Gasteiger partial charge on any atom is -0.344 e. The van der Waals surface area contributed by atoms with Gasteiger partial charge in [-0.05, 0) is 28.7 Å². The minimum atomic E-state index is -0.562. The number of nitrogens with one attached hydrogen (secondary N) is 1. The van der Waals surface area contributed by atoms with Crippen LogP contribution in [0.4, 0.5) is 0 Å². The van der Waals surface area contributed by atoms with E-state index >= 15 is 0 Å². The Bertz CT molecular complexity index is 758. The Balaban J connectivity index is 1.58. The van der Waals surface area contributed by atoms with E-state index in [1.807, 2.05) is 42.5 Å². The molecule has 1 aliphatic rings. The summed E-state index contributed by atoms with van der Waals surface area (Å²) in [7, 11) is 0. The summed E-state index contributed by atoms with van der Waals surface area (Å²) in [5.41, 5.74) is 9.91. The van der Waals surface area contributed by atoms with Gasteiger partial charge in [-0.25, -0.2) is 0 Å². The third kappa shape index (κ3) is 3.63. The fourth-order valence-corrected chi connectivity index (χ4v) is 2.94. The number of benzene rings is 2. The van der Waals surface area contributed by atoms with Crippen LogP contribution in [0.25, 0.3) is 0 Å². The number of rotatable bonds is 3. The highest BCUT2D eigenvalue weighted by molar-refractivity contribution is 6.34. The van der Waals surface area contributed by atoms with E-state index in [0.29, 0.717) is 26.2 Å². The van der Waals surface area contributed by atoms with Crippen LogP contribution in [0.3, 0.4) is 0 Å². The van der Waals surface area contributed by atoms with Gasteiger partial charge in [-0.1, -0.05) is 48.5 Å². The molecule has 0 atom stereocenters. The topological polar surface area (TPSA) is 75.4 Å². The molecule has 0 saturated heterocycles. The number of fused-ring (bicyclic) bond motifs is 1. The maximum Gasteiger partial charge on any atom is 0.312 e. The molecule has 1 heterocycles. The Morgan fingerprint density at radius 2 is 1.79 bits per heavy atom. The Morgan fingerprint density at radius 1 is 1.04 bits per heavy atom. The molecule has 0 aromatic heterocycles. The van der Waals surface area contributed by atoms with Crippen molar-refractivity contribution in [2.45, 2.75) is 26.1 Å². The van der Waals surface area contributed by atoms with E-state index in [-0.39, 0.29) is 0 Å². The van der Waals surface area contributed by atoms with E-state index < -0.39 is 11.8 Å². The highest BCUT2D eigenvalue weighted by Crippen LogP contribution is 2.18. The Kier molecular flexibility index (Phi) is 4.91. The van der Waals surface area contributed by atoms with Gasteiger partial charge in [0.15, 0.2) is 0 Å². The molecular weight excluding hydrogens is 302 g/mol. The van der Waals surface area contributed by atoms with Gasteiger partial charge >= 0.3 is 11.8 Å². The maximum absolute atomic E-state index is 12.3. The first kappa shape index (κ1) is 16.2. The molecule has 0 aliphatic carbocycles. The molecule has 5 heteroatoms. The lowest BCUT2D eigenvalue weighted by Gasteiger charge is -2.28. The van der Waals surface area contributed by atoms with Gasteiger partial charge in [0.1, 0.15) is 0 Å². The maximum atomic E-state index is 12.3. The molecule has 2 aromatic rings. The van der Waals surface area contributed by atoms with Gasteiger partial charge in [-0.15, -0.1) is 0 Å². The van der Waals surface area contributed by atoms with E-state index in [4.69, 9.17) is 5.73 Å². The molecule has 2 amide bonds. The van der Waals surface area contributed by atoms with Crippen molar-refractivity contribution in [3.8, 4) is 0 Å². The first-order chi connectivity index (χ1) is 11.7. The quantitative estimate of drug-likeness (QED) is 0.837. The van der Waals surface area contributed by atoms with Crippen LogP contribution in [0.2, 0.25) is 0 Å². The number of carbonyl (C=O) groups excluding carboxylic acids is 2. The highest BCUT2D eigenvalue weighted by atomic mass is 16.2. The molecule has 0 fully saturated rings. The monoisotopic (exact) mass is 323 g/mol. The summed E-state index contributed by atoms with van der Waals surface area (Å²) in [5, 5.41) is 2.70. The zero-order valence-electron chi connectivity index (χ0n) is 13.5. The molecule has 0 bridgehead atoms. The largest absolute Gasteiger partial charge is 0.344 e. The summed E-state index contributed by atoms with van der Waals surface area (Å²) < 4.78 is 0. The van der Waals surface area contributed by atoms with Crippen LogP contribution in [0.5, 0.6) is 0 Å². The summed E-state index contributed by atoms with van der Waals surface area (Å²) >= 11 is 0. The molecule has 0 saturated carbocycles. The number of nitrogens with two attached hydrogens (primary N) is 1. The zero-order chi connectivity index (χ0) is 16.9. The van der Waals surface area contributed by atoms with Gasteiger partial charge in [0.25, 0.3) is 0 Å². The molecule has 5 nitrogen and oxygen atoms in total. The first-order valence-electron chi connectivity index (χ1n) is 8.09. The molecule has 3 N–H and O–H groups in total. The fourth-order valence-electron chi connectivity index (χ4n) is 2.94. The number of hydrogen-bond acceptors (Lipinski definition) is 3. The minimum absolute atomic E-state index is 0.322. The van der Waals surface area contributed by atoms with Crippen LogP contribution in [0.15, 0.2) is 48.5 Å². The SMILES string of the molecule is NCc1cccc(CNC(=O)C(=O)N2CCc3ccccc3C2)c1. The van der Waals surface area contributed by atoms with Crippen molar-refractivity contribution < 1.29 is 9.59 Å². The number of carbonyl (C=O) groups is 2. The van der Waals surface area contributed by atoms with Crippen molar-refractivity contribution in [3.63, 3.8) is 0 Å². The second-order valence-corrected chi connectivity index (χ2v) is 5.95. The summed E-state index contributed by atoms with van der Waals surface area (Å²) in [4.78, 5) is 26.1. The molecule has 24 heavy (non-hydrogen) atoms. The molecule has 0 unspecified atom stereocenters. The van der Waals surface area contributed by atoms with E-state index in [1.54, 1.807) is 4.90 Å².